The lowest BCUT2D eigenvalue weighted by Crippen LogP contribution is -2.51. The van der Waals surface area contributed by atoms with Crippen molar-refractivity contribution in [2.75, 3.05) is 26.2 Å². The number of morpholine rings is 1. The highest BCUT2D eigenvalue weighted by molar-refractivity contribution is 6.31. The number of nitrogens with zero attached hydrogens (tertiary/aromatic N) is 5. The van der Waals surface area contributed by atoms with E-state index < -0.39 is 11.2 Å². The van der Waals surface area contributed by atoms with Crippen LogP contribution < -0.4 is 5.56 Å². The van der Waals surface area contributed by atoms with Gasteiger partial charge in [-0.1, -0.05) is 30.7 Å². The first-order valence-electron chi connectivity index (χ1n) is 15.7. The van der Waals surface area contributed by atoms with Crippen molar-refractivity contribution in [1.82, 2.24) is 23.9 Å². The number of piperidine rings is 1. The van der Waals surface area contributed by atoms with E-state index in [-0.39, 0.29) is 41.7 Å². The Labute approximate surface area is 267 Å². The minimum Gasteiger partial charge on any atom is -0.444 e. The average Bonchev–Trinajstić information content (AvgIpc) is 3.64. The molecule has 0 unspecified atom stereocenters. The van der Waals surface area contributed by atoms with Crippen molar-refractivity contribution < 1.29 is 24.2 Å². The summed E-state index contributed by atoms with van der Waals surface area (Å²) in [6.45, 7) is 11.2. The summed E-state index contributed by atoms with van der Waals surface area (Å²) in [6.07, 6.45) is 3.58. The number of amides is 2. The predicted molar refractivity (Wildman–Crippen MR) is 170 cm³/mol. The normalized spacial score (nSPS) is 22.8. The monoisotopic (exact) mass is 639 g/mol. The van der Waals surface area contributed by atoms with E-state index in [9.17, 15) is 19.5 Å². The highest BCUT2D eigenvalue weighted by Crippen LogP contribution is 2.47. The Balaban J connectivity index is 1.20. The summed E-state index contributed by atoms with van der Waals surface area (Å²) < 4.78 is 14.7. The minimum atomic E-state index is -1.11. The van der Waals surface area contributed by atoms with E-state index in [0.29, 0.717) is 61.0 Å². The second kappa shape index (κ2) is 11.4. The molecule has 1 aliphatic carbocycles. The zero-order valence-corrected chi connectivity index (χ0v) is 27.3. The number of carbonyl (C=O) groups is 2. The van der Waals surface area contributed by atoms with E-state index in [4.69, 9.17) is 21.1 Å². The maximum Gasteiger partial charge on any atom is 0.410 e. The van der Waals surface area contributed by atoms with Crippen molar-refractivity contribution >= 4 is 34.6 Å². The first-order valence-corrected chi connectivity index (χ1v) is 16.0. The summed E-state index contributed by atoms with van der Waals surface area (Å²) in [7, 11) is 0. The molecule has 45 heavy (non-hydrogen) atoms. The van der Waals surface area contributed by atoms with E-state index in [0.717, 1.165) is 18.4 Å². The van der Waals surface area contributed by atoms with Crippen LogP contribution in [0.3, 0.4) is 0 Å². The summed E-state index contributed by atoms with van der Waals surface area (Å²) in [5.41, 5.74) is -0.271. The molecule has 2 saturated heterocycles. The number of benzene rings is 1. The molecule has 0 bridgehead atoms. The molecule has 2 aromatic heterocycles. The zero-order chi connectivity index (χ0) is 32.3. The summed E-state index contributed by atoms with van der Waals surface area (Å²) in [4.78, 5) is 47.5. The molecular formula is C33H42ClN5O6. The number of fused-ring (bicyclic) bond motifs is 1. The van der Waals surface area contributed by atoms with Crippen molar-refractivity contribution in [3.63, 3.8) is 0 Å². The van der Waals surface area contributed by atoms with E-state index in [1.54, 1.807) is 15.5 Å². The van der Waals surface area contributed by atoms with Gasteiger partial charge in [-0.15, -0.1) is 0 Å². The molecule has 0 radical (unpaired) electrons. The molecule has 2 amide bonds. The van der Waals surface area contributed by atoms with Crippen molar-refractivity contribution in [1.29, 1.82) is 0 Å². The highest BCUT2D eigenvalue weighted by atomic mass is 35.5. The molecule has 6 rings (SSSR count). The van der Waals surface area contributed by atoms with Crippen LogP contribution in [0.1, 0.15) is 71.9 Å². The summed E-state index contributed by atoms with van der Waals surface area (Å²) in [5, 5.41) is 12.0. The number of ether oxygens (including phenoxy) is 2. The molecule has 3 fully saturated rings. The van der Waals surface area contributed by atoms with Gasteiger partial charge in [0.1, 0.15) is 17.1 Å². The maximum atomic E-state index is 13.6. The SMILES string of the molecule is C[C@H]1CN(C(=O)OC(C)(C)C)[C@H](c2ccc(-n3c(Cl)cc4c(=O)n(CC5(O)CCN(C(=O)C6(C)CC6)CC5)cnc43)cc2)CO1. The van der Waals surface area contributed by atoms with Gasteiger partial charge in [0.2, 0.25) is 5.91 Å². The molecule has 12 heteroatoms. The molecular weight excluding hydrogens is 598 g/mol. The number of rotatable bonds is 5. The zero-order valence-electron chi connectivity index (χ0n) is 26.6. The van der Waals surface area contributed by atoms with Crippen LogP contribution in [0.25, 0.3) is 16.7 Å². The van der Waals surface area contributed by atoms with E-state index in [1.165, 1.54) is 10.9 Å². The molecule has 2 atom stereocenters. The van der Waals surface area contributed by atoms with Crippen LogP contribution >= 0.6 is 11.6 Å². The van der Waals surface area contributed by atoms with Crippen molar-refractivity contribution in [2.24, 2.45) is 5.41 Å². The summed E-state index contributed by atoms with van der Waals surface area (Å²) in [5.74, 6) is 0.163. The standard InChI is InChI=1S/C33H42ClN5O6/c1-21-17-38(30(42)45-31(2,3)4)25(18-44-21)22-6-8-23(9-7-22)39-26(34)16-24-27(39)35-20-37(28(24)40)19-33(43)12-14-36(15-13-33)29(41)32(5)10-11-32/h6-9,16,20-21,25,43H,10-15,17-19H2,1-5H3/t21-,25-/m0/s1. The van der Waals surface area contributed by atoms with Gasteiger partial charge in [-0.05, 0) is 77.1 Å². The van der Waals surface area contributed by atoms with Gasteiger partial charge < -0.3 is 19.5 Å². The molecule has 0 spiro atoms. The number of halogens is 1. The lowest BCUT2D eigenvalue weighted by Gasteiger charge is -2.39. The summed E-state index contributed by atoms with van der Waals surface area (Å²) in [6, 6.07) is 8.85. The summed E-state index contributed by atoms with van der Waals surface area (Å²) >= 11 is 6.66. The molecule has 4 heterocycles. The fraction of sp³-hybridized carbons (Fsp3) is 0.576. The highest BCUT2D eigenvalue weighted by Gasteiger charge is 2.48. The second-order valence-electron chi connectivity index (χ2n) is 14.2. The van der Waals surface area contributed by atoms with Gasteiger partial charge in [-0.25, -0.2) is 9.78 Å². The van der Waals surface area contributed by atoms with Gasteiger partial charge in [0.15, 0.2) is 5.65 Å². The second-order valence-corrected chi connectivity index (χ2v) is 14.6. The Morgan fingerprint density at radius 3 is 2.42 bits per heavy atom. The third-order valence-corrected chi connectivity index (χ3v) is 9.51. The smallest absolute Gasteiger partial charge is 0.410 e. The topological polar surface area (TPSA) is 119 Å². The number of hydrogen-bond donors (Lipinski definition) is 1. The fourth-order valence-electron chi connectivity index (χ4n) is 6.27. The van der Waals surface area contributed by atoms with Crippen molar-refractivity contribution in [3.05, 3.63) is 57.7 Å². The number of hydrogen-bond acceptors (Lipinski definition) is 7. The lowest BCUT2D eigenvalue weighted by atomic mass is 9.90. The number of aliphatic hydroxyl groups is 1. The van der Waals surface area contributed by atoms with Crippen LogP contribution in [0.5, 0.6) is 0 Å². The van der Waals surface area contributed by atoms with Gasteiger partial charge in [0.05, 0.1) is 42.8 Å². The molecule has 1 aromatic carbocycles. The fourth-order valence-corrected chi connectivity index (χ4v) is 6.56. The first kappa shape index (κ1) is 31.6. The van der Waals surface area contributed by atoms with E-state index in [2.05, 4.69) is 4.98 Å². The van der Waals surface area contributed by atoms with Crippen LogP contribution in [-0.4, -0.2) is 84.6 Å². The Hall–Kier alpha value is -3.41. The number of aromatic nitrogens is 3. The molecule has 1 N–H and O–H groups in total. The Morgan fingerprint density at radius 1 is 1.13 bits per heavy atom. The lowest BCUT2D eigenvalue weighted by molar-refractivity contribution is -0.141. The average molecular weight is 640 g/mol. The van der Waals surface area contributed by atoms with E-state index >= 15 is 0 Å². The number of likely N-dealkylation sites (tertiary alicyclic amines) is 1. The van der Waals surface area contributed by atoms with Gasteiger partial charge in [0.25, 0.3) is 5.56 Å². The Morgan fingerprint density at radius 2 is 1.80 bits per heavy atom. The molecule has 242 valence electrons. The third kappa shape index (κ3) is 6.35. The maximum absolute atomic E-state index is 13.6. The van der Waals surface area contributed by atoms with Crippen molar-refractivity contribution in [3.8, 4) is 5.69 Å². The molecule has 11 nitrogen and oxygen atoms in total. The minimum absolute atomic E-state index is 0.0851. The Kier molecular flexibility index (Phi) is 8.02. The molecule has 3 aromatic rings. The largest absolute Gasteiger partial charge is 0.444 e. The van der Waals surface area contributed by atoms with Crippen LogP contribution in [0, 0.1) is 5.41 Å². The predicted octanol–water partition coefficient (Wildman–Crippen LogP) is 4.69. The van der Waals surface area contributed by atoms with Crippen LogP contribution in [0.4, 0.5) is 4.79 Å². The first-order chi connectivity index (χ1) is 21.2. The van der Waals surface area contributed by atoms with Crippen molar-refractivity contribution in [2.45, 2.75) is 90.2 Å². The Bertz CT molecular complexity index is 1660. The molecule has 1 saturated carbocycles. The van der Waals surface area contributed by atoms with E-state index in [1.807, 2.05) is 63.8 Å². The van der Waals surface area contributed by atoms with Gasteiger partial charge in [-0.3, -0.25) is 23.6 Å². The number of carbonyl (C=O) groups excluding carboxylic acids is 2. The van der Waals surface area contributed by atoms with Crippen LogP contribution in [0.15, 0.2) is 41.5 Å². The molecule has 2 aliphatic heterocycles. The molecule has 3 aliphatic rings. The van der Waals surface area contributed by atoms with Crippen LogP contribution in [0.2, 0.25) is 5.15 Å². The van der Waals surface area contributed by atoms with Crippen LogP contribution in [-0.2, 0) is 20.8 Å². The van der Waals surface area contributed by atoms with Gasteiger partial charge in [-0.2, -0.15) is 0 Å². The quantitative estimate of drug-likeness (QED) is 0.430. The van der Waals surface area contributed by atoms with Gasteiger partial charge in [0, 0.05) is 24.2 Å². The third-order valence-electron chi connectivity index (χ3n) is 9.24. The van der Waals surface area contributed by atoms with Gasteiger partial charge >= 0.3 is 6.09 Å².